The van der Waals surface area contributed by atoms with Crippen molar-refractivity contribution in [3.8, 4) is 0 Å². The molecule has 1 heterocycles. The average molecular weight is 217 g/mol. The SMILES string of the molecule is CCc1ccc2nn(CCN(C)C)cc2c1. The van der Waals surface area contributed by atoms with Gasteiger partial charge in [0.25, 0.3) is 0 Å². The number of fused-ring (bicyclic) bond motifs is 1. The molecule has 0 saturated heterocycles. The summed E-state index contributed by atoms with van der Waals surface area (Å²) >= 11 is 0. The van der Waals surface area contributed by atoms with Gasteiger partial charge in [0, 0.05) is 18.1 Å². The second kappa shape index (κ2) is 4.66. The summed E-state index contributed by atoms with van der Waals surface area (Å²) in [6.07, 6.45) is 3.22. The van der Waals surface area contributed by atoms with Crippen molar-refractivity contribution in [1.29, 1.82) is 0 Å². The molecule has 0 aliphatic carbocycles. The Bertz CT molecular complexity index is 471. The molecule has 3 heteroatoms. The van der Waals surface area contributed by atoms with Gasteiger partial charge in [-0.3, -0.25) is 4.68 Å². The van der Waals surface area contributed by atoms with Crippen LogP contribution >= 0.6 is 0 Å². The summed E-state index contributed by atoms with van der Waals surface area (Å²) < 4.78 is 2.03. The van der Waals surface area contributed by atoms with E-state index in [1.54, 1.807) is 0 Å². The van der Waals surface area contributed by atoms with E-state index in [4.69, 9.17) is 0 Å². The van der Waals surface area contributed by atoms with E-state index in [9.17, 15) is 0 Å². The van der Waals surface area contributed by atoms with E-state index < -0.39 is 0 Å². The van der Waals surface area contributed by atoms with E-state index in [-0.39, 0.29) is 0 Å². The highest BCUT2D eigenvalue weighted by atomic mass is 15.3. The lowest BCUT2D eigenvalue weighted by Gasteiger charge is -2.08. The highest BCUT2D eigenvalue weighted by molar-refractivity contribution is 5.78. The van der Waals surface area contributed by atoms with E-state index in [0.717, 1.165) is 25.0 Å². The summed E-state index contributed by atoms with van der Waals surface area (Å²) in [5.74, 6) is 0. The minimum Gasteiger partial charge on any atom is -0.308 e. The van der Waals surface area contributed by atoms with Crippen molar-refractivity contribution >= 4 is 10.9 Å². The maximum absolute atomic E-state index is 4.55. The Hall–Kier alpha value is -1.35. The molecule has 0 fully saturated rings. The Labute approximate surface area is 96.7 Å². The number of aryl methyl sites for hydroxylation is 1. The van der Waals surface area contributed by atoms with E-state index in [0.29, 0.717) is 0 Å². The first kappa shape index (κ1) is 11.1. The van der Waals surface area contributed by atoms with Crippen LogP contribution in [0.5, 0.6) is 0 Å². The molecule has 0 saturated carbocycles. The Morgan fingerprint density at radius 3 is 2.81 bits per heavy atom. The van der Waals surface area contributed by atoms with Crippen molar-refractivity contribution in [2.24, 2.45) is 0 Å². The van der Waals surface area contributed by atoms with Gasteiger partial charge in [-0.25, -0.2) is 0 Å². The summed E-state index contributed by atoms with van der Waals surface area (Å²) in [6, 6.07) is 6.50. The molecule has 0 amide bonds. The molecule has 2 rings (SSSR count). The monoisotopic (exact) mass is 217 g/mol. The highest BCUT2D eigenvalue weighted by Gasteiger charge is 2.01. The lowest BCUT2D eigenvalue weighted by atomic mass is 10.1. The largest absolute Gasteiger partial charge is 0.308 e. The van der Waals surface area contributed by atoms with Crippen molar-refractivity contribution < 1.29 is 0 Å². The first-order valence-corrected chi connectivity index (χ1v) is 5.80. The quantitative estimate of drug-likeness (QED) is 0.782. The summed E-state index contributed by atoms with van der Waals surface area (Å²) in [7, 11) is 4.16. The fourth-order valence-electron chi connectivity index (χ4n) is 1.76. The molecule has 0 spiro atoms. The Balaban J connectivity index is 2.22. The molecule has 2 aromatic rings. The molecule has 0 atom stereocenters. The van der Waals surface area contributed by atoms with Crippen LogP contribution in [0, 0.1) is 0 Å². The number of benzene rings is 1. The standard InChI is InChI=1S/C13H19N3/c1-4-11-5-6-13-12(9-11)10-16(14-13)8-7-15(2)3/h5-6,9-10H,4,7-8H2,1-3H3. The first-order chi connectivity index (χ1) is 7.69. The van der Waals surface area contributed by atoms with Gasteiger partial charge in [-0.15, -0.1) is 0 Å². The Morgan fingerprint density at radius 1 is 1.31 bits per heavy atom. The molecule has 1 aromatic heterocycles. The van der Waals surface area contributed by atoms with E-state index in [2.05, 4.69) is 55.4 Å². The molecular formula is C13H19N3. The van der Waals surface area contributed by atoms with Crippen molar-refractivity contribution in [3.05, 3.63) is 30.0 Å². The van der Waals surface area contributed by atoms with Gasteiger partial charge in [-0.05, 0) is 38.2 Å². The van der Waals surface area contributed by atoms with E-state index >= 15 is 0 Å². The second-order valence-corrected chi connectivity index (χ2v) is 4.44. The minimum absolute atomic E-state index is 0.948. The average Bonchev–Trinajstić information content (AvgIpc) is 2.67. The van der Waals surface area contributed by atoms with Crippen LogP contribution in [0.1, 0.15) is 12.5 Å². The van der Waals surface area contributed by atoms with Crippen LogP contribution in [-0.4, -0.2) is 35.3 Å². The maximum atomic E-state index is 4.55. The number of rotatable bonds is 4. The zero-order valence-electron chi connectivity index (χ0n) is 10.3. The summed E-state index contributed by atoms with van der Waals surface area (Å²) in [5.41, 5.74) is 2.47. The van der Waals surface area contributed by atoms with E-state index in [1.807, 2.05) is 4.68 Å². The molecule has 0 radical (unpaired) electrons. The number of likely N-dealkylation sites (N-methyl/N-ethyl adjacent to an activating group) is 1. The minimum atomic E-state index is 0.948. The predicted octanol–water partition coefficient (Wildman–Crippen LogP) is 2.16. The third-order valence-corrected chi connectivity index (χ3v) is 2.80. The highest BCUT2D eigenvalue weighted by Crippen LogP contribution is 2.14. The van der Waals surface area contributed by atoms with Crippen LogP contribution in [0.3, 0.4) is 0 Å². The molecule has 1 aromatic carbocycles. The molecule has 86 valence electrons. The lowest BCUT2D eigenvalue weighted by molar-refractivity contribution is 0.374. The fraction of sp³-hybridized carbons (Fsp3) is 0.462. The molecular weight excluding hydrogens is 198 g/mol. The van der Waals surface area contributed by atoms with Gasteiger partial charge in [0.2, 0.25) is 0 Å². The number of hydrogen-bond donors (Lipinski definition) is 0. The first-order valence-electron chi connectivity index (χ1n) is 5.80. The maximum Gasteiger partial charge on any atom is 0.0923 e. The molecule has 0 unspecified atom stereocenters. The Kier molecular flexibility index (Phi) is 3.25. The Morgan fingerprint density at radius 2 is 2.12 bits per heavy atom. The normalized spacial score (nSPS) is 11.5. The van der Waals surface area contributed by atoms with Gasteiger partial charge in [0.05, 0.1) is 12.1 Å². The number of nitrogens with zero attached hydrogens (tertiary/aromatic N) is 3. The van der Waals surface area contributed by atoms with Crippen LogP contribution in [0.4, 0.5) is 0 Å². The van der Waals surface area contributed by atoms with Crippen molar-refractivity contribution in [2.75, 3.05) is 20.6 Å². The van der Waals surface area contributed by atoms with Crippen LogP contribution in [-0.2, 0) is 13.0 Å². The summed E-state index contributed by atoms with van der Waals surface area (Å²) in [6.45, 7) is 4.15. The third kappa shape index (κ3) is 2.42. The van der Waals surface area contributed by atoms with Gasteiger partial charge in [0.15, 0.2) is 0 Å². The van der Waals surface area contributed by atoms with Gasteiger partial charge < -0.3 is 4.90 Å². The van der Waals surface area contributed by atoms with Crippen molar-refractivity contribution in [1.82, 2.24) is 14.7 Å². The predicted molar refractivity (Wildman–Crippen MR) is 67.7 cm³/mol. The summed E-state index contributed by atoms with van der Waals surface area (Å²) in [4.78, 5) is 2.17. The molecule has 0 aliphatic heterocycles. The third-order valence-electron chi connectivity index (χ3n) is 2.80. The lowest BCUT2D eigenvalue weighted by Crippen LogP contribution is -2.18. The van der Waals surface area contributed by atoms with Gasteiger partial charge in [-0.1, -0.05) is 13.0 Å². The van der Waals surface area contributed by atoms with Crippen molar-refractivity contribution in [3.63, 3.8) is 0 Å². The zero-order chi connectivity index (χ0) is 11.5. The molecule has 0 bridgehead atoms. The summed E-state index contributed by atoms with van der Waals surface area (Å²) in [5, 5.41) is 5.80. The number of aromatic nitrogens is 2. The van der Waals surface area contributed by atoms with Gasteiger partial charge in [0.1, 0.15) is 0 Å². The molecule has 3 nitrogen and oxygen atoms in total. The van der Waals surface area contributed by atoms with Crippen LogP contribution in [0.2, 0.25) is 0 Å². The number of hydrogen-bond acceptors (Lipinski definition) is 2. The van der Waals surface area contributed by atoms with Crippen molar-refractivity contribution in [2.45, 2.75) is 19.9 Å². The topological polar surface area (TPSA) is 21.1 Å². The molecule has 0 N–H and O–H groups in total. The molecule has 16 heavy (non-hydrogen) atoms. The van der Waals surface area contributed by atoms with Crippen LogP contribution in [0.15, 0.2) is 24.4 Å². The molecule has 0 aliphatic rings. The fourth-order valence-corrected chi connectivity index (χ4v) is 1.76. The van der Waals surface area contributed by atoms with Crippen LogP contribution in [0.25, 0.3) is 10.9 Å². The van der Waals surface area contributed by atoms with Gasteiger partial charge in [-0.2, -0.15) is 5.10 Å². The second-order valence-electron chi connectivity index (χ2n) is 4.44. The van der Waals surface area contributed by atoms with Crippen LogP contribution < -0.4 is 0 Å². The smallest absolute Gasteiger partial charge is 0.0923 e. The van der Waals surface area contributed by atoms with Gasteiger partial charge >= 0.3 is 0 Å². The zero-order valence-corrected chi connectivity index (χ0v) is 10.3. The van der Waals surface area contributed by atoms with E-state index in [1.165, 1.54) is 10.9 Å².